The minimum Gasteiger partial charge on any atom is -0.497 e. The number of benzene rings is 2. The third kappa shape index (κ3) is 5.25. The second-order valence-electron chi connectivity index (χ2n) is 9.89. The highest BCUT2D eigenvalue weighted by Crippen LogP contribution is 2.29. The maximum absolute atomic E-state index is 13.4. The van der Waals surface area contributed by atoms with E-state index in [1.807, 2.05) is 48.5 Å². The number of piperazine rings is 1. The molecular weight excluding hydrogens is 468 g/mol. The van der Waals surface area contributed by atoms with Crippen molar-refractivity contribution in [3.63, 3.8) is 0 Å². The summed E-state index contributed by atoms with van der Waals surface area (Å²) in [5.74, 6) is 0.198. The van der Waals surface area contributed by atoms with Gasteiger partial charge in [-0.25, -0.2) is 4.79 Å². The van der Waals surface area contributed by atoms with Gasteiger partial charge in [0.15, 0.2) is 6.61 Å². The second kappa shape index (κ2) is 10.8. The van der Waals surface area contributed by atoms with Crippen molar-refractivity contribution in [2.45, 2.75) is 32.9 Å². The maximum Gasteiger partial charge on any atom is 0.339 e. The average molecular weight is 503 g/mol. The molecule has 0 aliphatic carbocycles. The van der Waals surface area contributed by atoms with E-state index < -0.39 is 5.97 Å². The summed E-state index contributed by atoms with van der Waals surface area (Å²) in [6.45, 7) is 8.22. The Balaban J connectivity index is 1.25. The highest BCUT2D eigenvalue weighted by atomic mass is 16.5. The van der Waals surface area contributed by atoms with E-state index in [0.717, 1.165) is 59.7 Å². The molecule has 3 aromatic rings. The first-order chi connectivity index (χ1) is 17.9. The number of hydrogen-bond donors (Lipinski definition) is 0. The topological polar surface area (TPSA) is 75.2 Å². The van der Waals surface area contributed by atoms with E-state index in [0.29, 0.717) is 31.2 Å². The molecule has 3 heterocycles. The number of para-hydroxylation sites is 1. The minimum absolute atomic E-state index is 0.168. The van der Waals surface area contributed by atoms with Crippen LogP contribution in [0.15, 0.2) is 48.5 Å². The van der Waals surface area contributed by atoms with E-state index in [4.69, 9.17) is 14.5 Å². The van der Waals surface area contributed by atoms with Crippen LogP contribution in [-0.2, 0) is 22.5 Å². The van der Waals surface area contributed by atoms with Gasteiger partial charge in [-0.3, -0.25) is 14.7 Å². The van der Waals surface area contributed by atoms with Crippen molar-refractivity contribution < 1.29 is 19.1 Å². The molecule has 0 atom stereocenters. The van der Waals surface area contributed by atoms with Crippen LogP contribution in [0.25, 0.3) is 10.9 Å². The summed E-state index contributed by atoms with van der Waals surface area (Å²) in [5, 5.41) is 0.775. The number of carbonyl (C=O) groups excluding carboxylic acids is 2. The van der Waals surface area contributed by atoms with Gasteiger partial charge < -0.3 is 19.3 Å². The van der Waals surface area contributed by atoms with Crippen molar-refractivity contribution in [2.75, 3.05) is 51.3 Å². The number of amides is 1. The fourth-order valence-electron chi connectivity index (χ4n) is 5.18. The van der Waals surface area contributed by atoms with Crippen LogP contribution in [0.2, 0.25) is 0 Å². The number of fused-ring (bicyclic) bond motifs is 2. The number of ether oxygens (including phenoxy) is 2. The molecule has 0 spiro atoms. The lowest BCUT2D eigenvalue weighted by Gasteiger charge is -2.36. The van der Waals surface area contributed by atoms with Gasteiger partial charge in [-0.1, -0.05) is 18.2 Å². The van der Waals surface area contributed by atoms with Crippen LogP contribution >= 0.6 is 0 Å². The zero-order valence-corrected chi connectivity index (χ0v) is 21.8. The Morgan fingerprint density at radius 2 is 1.70 bits per heavy atom. The van der Waals surface area contributed by atoms with Gasteiger partial charge in [0, 0.05) is 74.1 Å². The second-order valence-corrected chi connectivity index (χ2v) is 9.89. The van der Waals surface area contributed by atoms with Crippen molar-refractivity contribution in [3.8, 4) is 5.75 Å². The van der Waals surface area contributed by atoms with Crippen molar-refractivity contribution in [1.29, 1.82) is 0 Å². The quantitative estimate of drug-likeness (QED) is 0.478. The molecule has 8 nitrogen and oxygen atoms in total. The molecular formula is C29H34N4O4. The molecule has 0 saturated carbocycles. The van der Waals surface area contributed by atoms with Crippen LogP contribution in [0, 0.1) is 0 Å². The van der Waals surface area contributed by atoms with Crippen molar-refractivity contribution in [2.24, 2.45) is 0 Å². The Kier molecular flexibility index (Phi) is 7.28. The highest BCUT2D eigenvalue weighted by Gasteiger charge is 2.29. The molecule has 5 rings (SSSR count). The Bertz CT molecular complexity index is 1280. The molecule has 1 saturated heterocycles. The molecule has 1 fully saturated rings. The van der Waals surface area contributed by atoms with Gasteiger partial charge in [0.05, 0.1) is 18.2 Å². The fraction of sp³-hybridized carbons (Fsp3) is 0.414. The zero-order chi connectivity index (χ0) is 25.9. The first-order valence-corrected chi connectivity index (χ1v) is 12.9. The van der Waals surface area contributed by atoms with E-state index >= 15 is 0 Å². The molecule has 2 aliphatic heterocycles. The van der Waals surface area contributed by atoms with Gasteiger partial charge in [0.25, 0.3) is 5.91 Å². The van der Waals surface area contributed by atoms with Crippen molar-refractivity contribution in [3.05, 3.63) is 65.4 Å². The van der Waals surface area contributed by atoms with Crippen LogP contribution < -0.4 is 9.64 Å². The van der Waals surface area contributed by atoms with E-state index in [1.165, 1.54) is 0 Å². The van der Waals surface area contributed by atoms with Crippen molar-refractivity contribution in [1.82, 2.24) is 14.8 Å². The lowest BCUT2D eigenvalue weighted by molar-refractivity contribution is -0.134. The molecule has 0 unspecified atom stereocenters. The predicted octanol–water partition coefficient (Wildman–Crippen LogP) is 3.52. The summed E-state index contributed by atoms with van der Waals surface area (Å²) in [6, 6.07) is 16.0. The van der Waals surface area contributed by atoms with E-state index in [-0.39, 0.29) is 12.5 Å². The van der Waals surface area contributed by atoms with Gasteiger partial charge in [-0.05, 0) is 44.2 Å². The van der Waals surface area contributed by atoms with Crippen LogP contribution in [0.3, 0.4) is 0 Å². The minimum atomic E-state index is -0.453. The monoisotopic (exact) mass is 502 g/mol. The van der Waals surface area contributed by atoms with E-state index in [9.17, 15) is 9.59 Å². The zero-order valence-electron chi connectivity index (χ0n) is 21.8. The molecule has 0 N–H and O–H groups in total. The standard InChI is InChI=1S/C29H34N4O4/c1-20(2)33-13-12-26-24(18-33)28(23-6-4-5-7-25(23)30-26)29(35)37-19-27(34)32-16-14-31(15-17-32)21-8-10-22(36-3)11-9-21/h4-11,20H,12-19H2,1-3H3. The third-order valence-electron chi connectivity index (χ3n) is 7.41. The number of methoxy groups -OCH3 is 1. The van der Waals surface area contributed by atoms with Crippen LogP contribution in [0.1, 0.15) is 35.5 Å². The summed E-state index contributed by atoms with van der Waals surface area (Å²) >= 11 is 0. The highest BCUT2D eigenvalue weighted by molar-refractivity contribution is 6.05. The van der Waals surface area contributed by atoms with E-state index in [2.05, 4.69) is 23.6 Å². The first kappa shape index (κ1) is 25.0. The summed E-state index contributed by atoms with van der Waals surface area (Å²) in [4.78, 5) is 37.6. The van der Waals surface area contributed by atoms with Gasteiger partial charge in [0.1, 0.15) is 5.75 Å². The molecule has 8 heteroatoms. The number of rotatable bonds is 6. The molecule has 2 aliphatic rings. The van der Waals surface area contributed by atoms with Crippen LogP contribution in [0.4, 0.5) is 5.69 Å². The van der Waals surface area contributed by atoms with Crippen LogP contribution in [-0.4, -0.2) is 79.1 Å². The smallest absolute Gasteiger partial charge is 0.339 e. The van der Waals surface area contributed by atoms with Gasteiger partial charge >= 0.3 is 5.97 Å². The van der Waals surface area contributed by atoms with E-state index in [1.54, 1.807) is 12.0 Å². The third-order valence-corrected chi connectivity index (χ3v) is 7.41. The largest absolute Gasteiger partial charge is 0.497 e. The van der Waals surface area contributed by atoms with Gasteiger partial charge in [-0.15, -0.1) is 0 Å². The Labute approximate surface area is 217 Å². The number of anilines is 1. The molecule has 2 aromatic carbocycles. The van der Waals surface area contributed by atoms with Gasteiger partial charge in [-0.2, -0.15) is 0 Å². The molecule has 0 radical (unpaired) electrons. The lowest BCUT2D eigenvalue weighted by atomic mass is 9.95. The number of carbonyl (C=O) groups is 2. The average Bonchev–Trinajstić information content (AvgIpc) is 2.94. The van der Waals surface area contributed by atoms with Crippen molar-refractivity contribution >= 4 is 28.5 Å². The molecule has 0 bridgehead atoms. The fourth-order valence-corrected chi connectivity index (χ4v) is 5.18. The first-order valence-electron chi connectivity index (χ1n) is 12.9. The number of hydrogen-bond acceptors (Lipinski definition) is 7. The maximum atomic E-state index is 13.4. The molecule has 194 valence electrons. The molecule has 37 heavy (non-hydrogen) atoms. The number of esters is 1. The Hall–Kier alpha value is -3.65. The summed E-state index contributed by atoms with van der Waals surface area (Å²) < 4.78 is 10.9. The Morgan fingerprint density at radius 3 is 2.41 bits per heavy atom. The van der Waals surface area contributed by atoms with Crippen LogP contribution in [0.5, 0.6) is 5.75 Å². The summed E-state index contributed by atoms with van der Waals surface area (Å²) in [5.41, 5.74) is 4.30. The summed E-state index contributed by atoms with van der Waals surface area (Å²) in [7, 11) is 1.65. The SMILES string of the molecule is COc1ccc(N2CCN(C(=O)COC(=O)c3c4c(nc5ccccc35)CCN(C(C)C)C4)CC2)cc1. The number of aromatic nitrogens is 1. The predicted molar refractivity (Wildman–Crippen MR) is 143 cm³/mol. The Morgan fingerprint density at radius 1 is 0.973 bits per heavy atom. The van der Waals surface area contributed by atoms with Gasteiger partial charge in [0.2, 0.25) is 0 Å². The summed E-state index contributed by atoms with van der Waals surface area (Å²) in [6.07, 6.45) is 0.788. The molecule has 1 amide bonds. The molecule has 1 aromatic heterocycles. The normalized spacial score (nSPS) is 16.1. The lowest BCUT2D eigenvalue weighted by Crippen LogP contribution is -2.50. The number of nitrogens with zero attached hydrogens (tertiary/aromatic N) is 4. The number of pyridine rings is 1.